The van der Waals surface area contributed by atoms with Gasteiger partial charge in [0.1, 0.15) is 29.0 Å². The molecule has 0 aliphatic rings. The first-order valence-corrected chi connectivity index (χ1v) is 15.0. The fourth-order valence-electron chi connectivity index (χ4n) is 5.24. The number of ether oxygens (including phenoxy) is 2. The zero-order chi connectivity index (χ0) is 35.5. The molecule has 0 radical (unpaired) electrons. The van der Waals surface area contributed by atoms with Crippen LogP contribution in [0, 0.1) is 29.1 Å². The molecule has 0 atom stereocenters. The van der Waals surface area contributed by atoms with E-state index in [1.54, 1.807) is 12.1 Å². The molecule has 5 rings (SSSR count). The number of benzene rings is 5. The van der Waals surface area contributed by atoms with Crippen molar-refractivity contribution in [3.63, 3.8) is 0 Å². The number of unbranched alkanes of at least 4 members (excludes halogenated alkanes) is 2. The Bertz CT molecular complexity index is 1970. The monoisotopic (exact) mass is 692 g/mol. The van der Waals surface area contributed by atoms with Crippen LogP contribution in [0.2, 0.25) is 0 Å². The predicted octanol–water partition coefficient (Wildman–Crippen LogP) is 12.1. The van der Waals surface area contributed by atoms with Gasteiger partial charge in [-0.05, 0) is 83.6 Å². The van der Waals surface area contributed by atoms with Crippen molar-refractivity contribution in [2.45, 2.75) is 45.1 Å². The van der Waals surface area contributed by atoms with Crippen LogP contribution in [0.4, 0.5) is 43.9 Å². The fraction of sp³-hybridized carbons (Fsp3) is 0.189. The van der Waals surface area contributed by atoms with Crippen LogP contribution in [-0.4, -0.2) is 6.36 Å². The maximum absolute atomic E-state index is 15.2. The molecule has 0 fully saturated rings. The Balaban J connectivity index is 1.32. The number of halogens is 10. The van der Waals surface area contributed by atoms with E-state index in [0.29, 0.717) is 36.8 Å². The highest BCUT2D eigenvalue weighted by atomic mass is 19.4. The lowest BCUT2D eigenvalue weighted by Crippen LogP contribution is -2.23. The number of hydrogen-bond donors (Lipinski definition) is 0. The molecule has 5 aromatic rings. The van der Waals surface area contributed by atoms with Gasteiger partial charge < -0.3 is 9.47 Å². The normalized spacial score (nSPS) is 11.9. The molecule has 0 N–H and O–H groups in total. The van der Waals surface area contributed by atoms with Crippen LogP contribution >= 0.6 is 0 Å². The Hall–Kier alpha value is -5.00. The lowest BCUT2D eigenvalue weighted by Gasteiger charge is -2.20. The van der Waals surface area contributed by atoms with Crippen LogP contribution in [0.1, 0.15) is 37.3 Å². The Labute approximate surface area is 274 Å². The number of hydrogen-bond acceptors (Lipinski definition) is 2. The van der Waals surface area contributed by atoms with E-state index in [2.05, 4.69) is 16.4 Å². The largest absolute Gasteiger partial charge is 0.573 e. The third kappa shape index (κ3) is 8.36. The van der Waals surface area contributed by atoms with E-state index in [1.807, 2.05) is 0 Å². The van der Waals surface area contributed by atoms with Crippen LogP contribution in [-0.2, 0) is 12.5 Å². The van der Waals surface area contributed by atoms with E-state index >= 15 is 17.6 Å². The van der Waals surface area contributed by atoms with Gasteiger partial charge in [0.25, 0.3) is 0 Å². The average Bonchev–Trinajstić information content (AvgIpc) is 3.01. The van der Waals surface area contributed by atoms with Gasteiger partial charge >= 0.3 is 12.5 Å². The summed E-state index contributed by atoms with van der Waals surface area (Å²) >= 11 is 0. The maximum Gasteiger partial charge on any atom is 0.573 e. The zero-order valence-corrected chi connectivity index (χ0v) is 25.6. The smallest absolute Gasteiger partial charge is 0.429 e. The summed E-state index contributed by atoms with van der Waals surface area (Å²) in [6.45, 7) is 2.06. The van der Waals surface area contributed by atoms with Gasteiger partial charge in [0.2, 0.25) is 0 Å². The van der Waals surface area contributed by atoms with E-state index in [-0.39, 0.29) is 33.4 Å². The molecular formula is C37H26F10O2. The van der Waals surface area contributed by atoms with Crippen LogP contribution in [0.15, 0.2) is 91.0 Å². The Morgan fingerprint density at radius 1 is 0.510 bits per heavy atom. The topological polar surface area (TPSA) is 18.5 Å². The highest BCUT2D eigenvalue weighted by molar-refractivity contribution is 5.72. The van der Waals surface area contributed by atoms with E-state index in [1.165, 1.54) is 18.2 Å². The van der Waals surface area contributed by atoms with E-state index < -0.39 is 58.6 Å². The molecule has 0 bridgehead atoms. The minimum Gasteiger partial charge on any atom is -0.429 e. The third-order valence-electron chi connectivity index (χ3n) is 7.63. The van der Waals surface area contributed by atoms with Crippen molar-refractivity contribution >= 4 is 0 Å². The van der Waals surface area contributed by atoms with Crippen molar-refractivity contribution in [2.24, 2.45) is 0 Å². The van der Waals surface area contributed by atoms with Crippen LogP contribution in [0.5, 0.6) is 11.5 Å². The summed E-state index contributed by atoms with van der Waals surface area (Å²) in [4.78, 5) is 0. The van der Waals surface area contributed by atoms with Crippen LogP contribution < -0.4 is 9.47 Å². The van der Waals surface area contributed by atoms with Gasteiger partial charge in [-0.25, -0.2) is 22.0 Å². The number of rotatable bonds is 11. The summed E-state index contributed by atoms with van der Waals surface area (Å²) in [6, 6.07) is 15.2. The first-order chi connectivity index (χ1) is 23.1. The first kappa shape index (κ1) is 35.3. The second-order valence-corrected chi connectivity index (χ2v) is 11.1. The van der Waals surface area contributed by atoms with Crippen molar-refractivity contribution in [3.8, 4) is 44.9 Å². The Morgan fingerprint density at radius 3 is 1.59 bits per heavy atom. The molecule has 0 saturated carbocycles. The SMILES string of the molecule is CCCCCc1ccc(-c2ccc(-c3ccc(C(F)(F)Oc4ccc(-c5ccc(OC(F)(F)F)c(F)c5)c(F)c4)c(F)c3)c(F)c2)c(F)c1. The van der Waals surface area contributed by atoms with Crippen molar-refractivity contribution in [1.29, 1.82) is 0 Å². The van der Waals surface area contributed by atoms with Gasteiger partial charge in [-0.15, -0.1) is 13.2 Å². The molecule has 0 amide bonds. The maximum atomic E-state index is 15.2. The van der Waals surface area contributed by atoms with Gasteiger partial charge in [0.15, 0.2) is 11.6 Å². The molecule has 12 heteroatoms. The molecule has 49 heavy (non-hydrogen) atoms. The van der Waals surface area contributed by atoms with Crippen LogP contribution in [0.3, 0.4) is 0 Å². The molecular weight excluding hydrogens is 666 g/mol. The van der Waals surface area contributed by atoms with Gasteiger partial charge in [-0.1, -0.05) is 56.2 Å². The highest BCUT2D eigenvalue weighted by Crippen LogP contribution is 2.38. The van der Waals surface area contributed by atoms with Gasteiger partial charge in [-0.2, -0.15) is 8.78 Å². The molecule has 0 unspecified atom stereocenters. The van der Waals surface area contributed by atoms with Crippen LogP contribution in [0.25, 0.3) is 33.4 Å². The summed E-state index contributed by atoms with van der Waals surface area (Å²) in [7, 11) is 0. The minimum atomic E-state index is -5.16. The van der Waals surface area contributed by atoms with Crippen molar-refractivity contribution in [2.75, 3.05) is 0 Å². The fourth-order valence-corrected chi connectivity index (χ4v) is 5.24. The quantitative estimate of drug-likeness (QED) is 0.101. The zero-order valence-electron chi connectivity index (χ0n) is 25.6. The van der Waals surface area contributed by atoms with E-state index in [0.717, 1.165) is 55.2 Å². The first-order valence-electron chi connectivity index (χ1n) is 15.0. The summed E-state index contributed by atoms with van der Waals surface area (Å²) in [6.07, 6.45) is -5.86. The van der Waals surface area contributed by atoms with Crippen molar-refractivity contribution < 1.29 is 53.4 Å². The molecule has 0 aliphatic heterocycles. The Morgan fingerprint density at radius 2 is 1.04 bits per heavy atom. The summed E-state index contributed by atoms with van der Waals surface area (Å²) < 4.78 is 149. The van der Waals surface area contributed by atoms with Crippen molar-refractivity contribution in [3.05, 3.63) is 131 Å². The van der Waals surface area contributed by atoms with Crippen molar-refractivity contribution in [1.82, 2.24) is 0 Å². The molecule has 0 heterocycles. The predicted molar refractivity (Wildman–Crippen MR) is 163 cm³/mol. The summed E-state index contributed by atoms with van der Waals surface area (Å²) in [5.74, 6) is -7.41. The van der Waals surface area contributed by atoms with E-state index in [4.69, 9.17) is 0 Å². The molecule has 0 spiro atoms. The lowest BCUT2D eigenvalue weighted by molar-refractivity contribution is -0.275. The molecule has 0 aromatic heterocycles. The second kappa shape index (κ2) is 14.2. The summed E-state index contributed by atoms with van der Waals surface area (Å²) in [5, 5.41) is 0. The molecule has 0 saturated heterocycles. The standard InChI is InChI=1S/C37H26F10O2/c1-2-3-4-5-21-6-11-26(30(38)16-21)22-7-12-27(31(39)17-22)23-8-14-29(33(41)18-23)36(43,44)48-25-10-13-28(32(40)20-25)24-9-15-35(34(42)19-24)49-37(45,46)47/h6-20H,2-5H2,1H3. The number of aryl methyl sites for hydroxylation is 1. The molecule has 2 nitrogen and oxygen atoms in total. The highest BCUT2D eigenvalue weighted by Gasteiger charge is 2.38. The Kier molecular flexibility index (Phi) is 10.3. The average molecular weight is 693 g/mol. The second-order valence-electron chi connectivity index (χ2n) is 11.1. The summed E-state index contributed by atoms with van der Waals surface area (Å²) in [5.41, 5.74) is -0.871. The number of alkyl halides is 5. The molecule has 0 aliphatic carbocycles. The van der Waals surface area contributed by atoms with Gasteiger partial charge in [0, 0.05) is 22.8 Å². The van der Waals surface area contributed by atoms with Gasteiger partial charge in [-0.3, -0.25) is 0 Å². The van der Waals surface area contributed by atoms with E-state index in [9.17, 15) is 26.3 Å². The lowest BCUT2D eigenvalue weighted by atomic mass is 9.97. The molecule has 5 aromatic carbocycles. The third-order valence-corrected chi connectivity index (χ3v) is 7.63. The minimum absolute atomic E-state index is 0.0953. The molecule has 256 valence electrons. The van der Waals surface area contributed by atoms with Gasteiger partial charge in [0.05, 0.1) is 5.56 Å².